The van der Waals surface area contributed by atoms with E-state index >= 15 is 0 Å². The number of hydrogen-bond donors (Lipinski definition) is 1. The molecule has 1 heterocycles. The number of carboxylic acids is 1. The summed E-state index contributed by atoms with van der Waals surface area (Å²) in [5.41, 5.74) is 1.27. The lowest BCUT2D eigenvalue weighted by Crippen LogP contribution is -2.32. The van der Waals surface area contributed by atoms with Crippen molar-refractivity contribution in [3.8, 4) is 0 Å². The van der Waals surface area contributed by atoms with E-state index in [2.05, 4.69) is 4.98 Å². The standard InChI is InChI=1S/C10H12N2O3/c1-7-3-8(5-11-4-7)10(15)12(2)6-9(13)14/h3-5H,6H2,1-2H3,(H,13,14). The van der Waals surface area contributed by atoms with Crippen LogP contribution in [0.4, 0.5) is 0 Å². The molecular weight excluding hydrogens is 196 g/mol. The normalized spacial score (nSPS) is 9.73. The van der Waals surface area contributed by atoms with Crippen molar-refractivity contribution in [1.29, 1.82) is 0 Å². The van der Waals surface area contributed by atoms with Crippen molar-refractivity contribution in [2.75, 3.05) is 13.6 Å². The van der Waals surface area contributed by atoms with Crippen molar-refractivity contribution in [1.82, 2.24) is 9.88 Å². The Morgan fingerprint density at radius 2 is 2.13 bits per heavy atom. The van der Waals surface area contributed by atoms with E-state index in [9.17, 15) is 9.59 Å². The number of hydrogen-bond acceptors (Lipinski definition) is 3. The van der Waals surface area contributed by atoms with Crippen molar-refractivity contribution in [2.45, 2.75) is 6.92 Å². The van der Waals surface area contributed by atoms with Crippen LogP contribution in [0, 0.1) is 6.92 Å². The molecule has 1 N–H and O–H groups in total. The molecule has 1 rings (SSSR count). The molecule has 0 saturated heterocycles. The quantitative estimate of drug-likeness (QED) is 0.787. The molecule has 1 aromatic rings. The third kappa shape index (κ3) is 3.05. The summed E-state index contributed by atoms with van der Waals surface area (Å²) >= 11 is 0. The molecule has 0 aliphatic carbocycles. The Labute approximate surface area is 87.4 Å². The fraction of sp³-hybridized carbons (Fsp3) is 0.300. The topological polar surface area (TPSA) is 70.5 Å². The van der Waals surface area contributed by atoms with Crippen LogP contribution in [-0.4, -0.2) is 40.5 Å². The third-order valence-corrected chi connectivity index (χ3v) is 1.84. The first-order valence-corrected chi connectivity index (χ1v) is 4.39. The van der Waals surface area contributed by atoms with Gasteiger partial charge in [0.2, 0.25) is 0 Å². The molecule has 0 unspecified atom stereocenters. The van der Waals surface area contributed by atoms with Gasteiger partial charge in [-0.1, -0.05) is 0 Å². The zero-order valence-corrected chi connectivity index (χ0v) is 8.60. The lowest BCUT2D eigenvalue weighted by molar-refractivity contribution is -0.137. The molecule has 0 radical (unpaired) electrons. The van der Waals surface area contributed by atoms with Gasteiger partial charge in [0.05, 0.1) is 5.56 Å². The number of carboxylic acid groups (broad SMARTS) is 1. The van der Waals surface area contributed by atoms with Crippen LogP contribution < -0.4 is 0 Å². The lowest BCUT2D eigenvalue weighted by atomic mass is 10.2. The molecule has 80 valence electrons. The summed E-state index contributed by atoms with van der Waals surface area (Å²) in [7, 11) is 1.44. The summed E-state index contributed by atoms with van der Waals surface area (Å²) in [4.78, 5) is 27.1. The van der Waals surface area contributed by atoms with Gasteiger partial charge in [0.15, 0.2) is 0 Å². The number of aliphatic carboxylic acids is 1. The third-order valence-electron chi connectivity index (χ3n) is 1.84. The van der Waals surface area contributed by atoms with Gasteiger partial charge < -0.3 is 10.0 Å². The van der Waals surface area contributed by atoms with Crippen molar-refractivity contribution in [3.05, 3.63) is 29.6 Å². The van der Waals surface area contributed by atoms with Crippen LogP contribution in [0.15, 0.2) is 18.5 Å². The highest BCUT2D eigenvalue weighted by molar-refractivity contribution is 5.95. The Morgan fingerprint density at radius 1 is 1.47 bits per heavy atom. The Kier molecular flexibility index (Phi) is 3.38. The summed E-state index contributed by atoms with van der Waals surface area (Å²) in [6.45, 7) is 1.51. The highest BCUT2D eigenvalue weighted by Crippen LogP contribution is 2.04. The predicted octanol–water partition coefficient (Wildman–Crippen LogP) is 0.547. The molecule has 1 amide bonds. The number of pyridine rings is 1. The van der Waals surface area contributed by atoms with E-state index in [-0.39, 0.29) is 12.5 Å². The fourth-order valence-electron chi connectivity index (χ4n) is 1.17. The van der Waals surface area contributed by atoms with Gasteiger partial charge in [0.25, 0.3) is 5.91 Å². The van der Waals surface area contributed by atoms with Gasteiger partial charge in [-0.2, -0.15) is 0 Å². The van der Waals surface area contributed by atoms with Crippen LogP contribution in [-0.2, 0) is 4.79 Å². The molecular formula is C10H12N2O3. The predicted molar refractivity (Wildman–Crippen MR) is 53.6 cm³/mol. The molecule has 0 bridgehead atoms. The summed E-state index contributed by atoms with van der Waals surface area (Å²) < 4.78 is 0. The van der Waals surface area contributed by atoms with Gasteiger partial charge >= 0.3 is 5.97 Å². The first kappa shape index (κ1) is 11.2. The van der Waals surface area contributed by atoms with Gasteiger partial charge in [-0.15, -0.1) is 0 Å². The van der Waals surface area contributed by atoms with E-state index in [1.807, 2.05) is 6.92 Å². The summed E-state index contributed by atoms with van der Waals surface area (Å²) in [5.74, 6) is -1.37. The molecule has 0 fully saturated rings. The first-order chi connectivity index (χ1) is 7.00. The first-order valence-electron chi connectivity index (χ1n) is 4.39. The molecule has 0 spiro atoms. The summed E-state index contributed by atoms with van der Waals surface area (Å²) in [5, 5.41) is 8.52. The molecule has 5 nitrogen and oxygen atoms in total. The van der Waals surface area contributed by atoms with Gasteiger partial charge in [-0.3, -0.25) is 14.6 Å². The summed E-state index contributed by atoms with van der Waals surface area (Å²) in [6, 6.07) is 1.67. The number of nitrogens with zero attached hydrogens (tertiary/aromatic N) is 2. The van der Waals surface area contributed by atoms with Crippen LogP contribution in [0.5, 0.6) is 0 Å². The van der Waals surface area contributed by atoms with E-state index in [4.69, 9.17) is 5.11 Å². The maximum Gasteiger partial charge on any atom is 0.323 e. The second-order valence-corrected chi connectivity index (χ2v) is 3.31. The van der Waals surface area contributed by atoms with Gasteiger partial charge in [0, 0.05) is 19.4 Å². The smallest absolute Gasteiger partial charge is 0.323 e. The maximum absolute atomic E-state index is 11.7. The van der Waals surface area contributed by atoms with Crippen molar-refractivity contribution in [2.24, 2.45) is 0 Å². The van der Waals surface area contributed by atoms with Crippen molar-refractivity contribution >= 4 is 11.9 Å². The highest BCUT2D eigenvalue weighted by atomic mass is 16.4. The number of carbonyl (C=O) groups excluding carboxylic acids is 1. The number of likely N-dealkylation sites (N-methyl/N-ethyl adjacent to an activating group) is 1. The number of aromatic nitrogens is 1. The molecule has 0 aliphatic rings. The average Bonchev–Trinajstić information content (AvgIpc) is 2.15. The Balaban J connectivity index is 2.80. The second kappa shape index (κ2) is 4.54. The maximum atomic E-state index is 11.7. The van der Waals surface area contributed by atoms with E-state index in [1.165, 1.54) is 13.2 Å². The Morgan fingerprint density at radius 3 is 2.67 bits per heavy atom. The minimum atomic E-state index is -1.04. The van der Waals surface area contributed by atoms with Crippen LogP contribution in [0.25, 0.3) is 0 Å². The minimum Gasteiger partial charge on any atom is -0.480 e. The molecule has 0 saturated carbocycles. The molecule has 0 aromatic carbocycles. The van der Waals surface area contributed by atoms with E-state index in [0.717, 1.165) is 10.5 Å². The largest absolute Gasteiger partial charge is 0.480 e. The molecule has 0 aliphatic heterocycles. The van der Waals surface area contributed by atoms with E-state index < -0.39 is 5.97 Å². The minimum absolute atomic E-state index is 0.313. The molecule has 1 aromatic heterocycles. The van der Waals surface area contributed by atoms with Crippen molar-refractivity contribution < 1.29 is 14.7 Å². The van der Waals surface area contributed by atoms with Crippen LogP contribution >= 0.6 is 0 Å². The average molecular weight is 208 g/mol. The Hall–Kier alpha value is -1.91. The number of amides is 1. The summed E-state index contributed by atoms with van der Waals surface area (Å²) in [6.07, 6.45) is 3.06. The van der Waals surface area contributed by atoms with Gasteiger partial charge in [-0.25, -0.2) is 0 Å². The van der Waals surface area contributed by atoms with Crippen LogP contribution in [0.3, 0.4) is 0 Å². The zero-order valence-electron chi connectivity index (χ0n) is 8.60. The molecule has 5 heteroatoms. The molecule has 0 atom stereocenters. The lowest BCUT2D eigenvalue weighted by Gasteiger charge is -2.14. The van der Waals surface area contributed by atoms with Crippen LogP contribution in [0.1, 0.15) is 15.9 Å². The van der Waals surface area contributed by atoms with Gasteiger partial charge in [-0.05, 0) is 18.6 Å². The number of aryl methyl sites for hydroxylation is 1. The highest BCUT2D eigenvalue weighted by Gasteiger charge is 2.14. The number of rotatable bonds is 3. The van der Waals surface area contributed by atoms with Crippen LogP contribution in [0.2, 0.25) is 0 Å². The van der Waals surface area contributed by atoms with Crippen molar-refractivity contribution in [3.63, 3.8) is 0 Å². The Bertz CT molecular complexity index is 390. The van der Waals surface area contributed by atoms with Gasteiger partial charge in [0.1, 0.15) is 6.54 Å². The number of carbonyl (C=O) groups is 2. The van der Waals surface area contributed by atoms with E-state index in [0.29, 0.717) is 5.56 Å². The monoisotopic (exact) mass is 208 g/mol. The zero-order chi connectivity index (χ0) is 11.4. The van der Waals surface area contributed by atoms with E-state index in [1.54, 1.807) is 12.3 Å². The molecule has 15 heavy (non-hydrogen) atoms. The fourth-order valence-corrected chi connectivity index (χ4v) is 1.17. The SMILES string of the molecule is Cc1cncc(C(=O)N(C)CC(=O)O)c1. The second-order valence-electron chi connectivity index (χ2n) is 3.31.